The molecule has 8 heteroatoms. The van der Waals surface area contributed by atoms with Crippen LogP contribution in [0.2, 0.25) is 10.0 Å². The van der Waals surface area contributed by atoms with Crippen molar-refractivity contribution in [2.45, 2.75) is 17.7 Å². The summed E-state index contributed by atoms with van der Waals surface area (Å²) in [5.74, 6) is -1.94. The highest BCUT2D eigenvalue weighted by Crippen LogP contribution is 2.46. The molecule has 1 aliphatic rings. The van der Waals surface area contributed by atoms with E-state index in [2.05, 4.69) is 4.90 Å². The summed E-state index contributed by atoms with van der Waals surface area (Å²) >= 11 is 12.2. The molecule has 0 spiro atoms. The van der Waals surface area contributed by atoms with Gasteiger partial charge in [-0.15, -0.1) is 0 Å². The Bertz CT molecular complexity index is 1190. The molecule has 0 radical (unpaired) electrons. The summed E-state index contributed by atoms with van der Waals surface area (Å²) in [5.41, 5.74) is 2.12. The summed E-state index contributed by atoms with van der Waals surface area (Å²) in [7, 11) is -3.70. The fourth-order valence-corrected chi connectivity index (χ4v) is 6.12. The van der Waals surface area contributed by atoms with Gasteiger partial charge in [-0.1, -0.05) is 47.5 Å². The van der Waals surface area contributed by atoms with Crippen molar-refractivity contribution in [2.75, 3.05) is 19.3 Å². The van der Waals surface area contributed by atoms with Crippen LogP contribution >= 0.6 is 23.2 Å². The summed E-state index contributed by atoms with van der Waals surface area (Å²) < 4.78 is 52.3. The Morgan fingerprint density at radius 1 is 0.879 bits per heavy atom. The molecule has 0 bridgehead atoms. The zero-order valence-electron chi connectivity index (χ0n) is 18.1. The second-order valence-electron chi connectivity index (χ2n) is 8.69. The van der Waals surface area contributed by atoms with Crippen LogP contribution in [0.4, 0.5) is 8.78 Å². The fourth-order valence-electron chi connectivity index (χ4n) is 4.57. The largest absolute Gasteiger partial charge is 0.292 e. The van der Waals surface area contributed by atoms with E-state index in [1.54, 1.807) is 6.92 Å². The Labute approximate surface area is 202 Å². The number of benzene rings is 3. The zero-order chi connectivity index (χ0) is 24.0. The Morgan fingerprint density at radius 2 is 1.30 bits per heavy atom. The molecule has 0 saturated carbocycles. The third-order valence-electron chi connectivity index (χ3n) is 6.63. The smallest absolute Gasteiger partial charge is 0.157 e. The average Bonchev–Trinajstić information content (AvgIpc) is 2.70. The summed E-state index contributed by atoms with van der Waals surface area (Å²) in [6.45, 7) is 2.41. The van der Waals surface area contributed by atoms with Gasteiger partial charge in [-0.2, -0.15) is 0 Å². The highest BCUT2D eigenvalue weighted by atomic mass is 35.5. The lowest BCUT2D eigenvalue weighted by molar-refractivity contribution is 0.0439. The molecule has 0 aromatic heterocycles. The minimum absolute atomic E-state index is 0.127. The third-order valence-corrected chi connectivity index (χ3v) is 9.24. The lowest BCUT2D eigenvalue weighted by Crippen LogP contribution is -2.58. The van der Waals surface area contributed by atoms with Crippen LogP contribution in [0, 0.1) is 17.6 Å². The molecule has 3 aromatic carbocycles. The van der Waals surface area contributed by atoms with Crippen LogP contribution in [0.15, 0.2) is 66.7 Å². The van der Waals surface area contributed by atoms with Gasteiger partial charge in [-0.05, 0) is 60.0 Å². The first-order valence-electron chi connectivity index (χ1n) is 10.4. The minimum atomic E-state index is -3.70. The molecule has 33 heavy (non-hydrogen) atoms. The Kier molecular flexibility index (Phi) is 6.58. The molecule has 1 atom stereocenters. The van der Waals surface area contributed by atoms with E-state index in [0.717, 1.165) is 35.6 Å². The first-order valence-corrected chi connectivity index (χ1v) is 13.0. The quantitative estimate of drug-likeness (QED) is 0.393. The number of likely N-dealkylation sites (tertiary alicyclic amines) is 1. The molecule has 1 heterocycles. The molecule has 3 aromatic rings. The van der Waals surface area contributed by atoms with Gasteiger partial charge in [0.2, 0.25) is 0 Å². The summed E-state index contributed by atoms with van der Waals surface area (Å²) in [6, 6.07) is 17.8. The number of hydrogen-bond acceptors (Lipinski definition) is 3. The second-order valence-corrected chi connectivity index (χ2v) is 12.0. The molecular formula is C25H23Cl2F2NO2S. The van der Waals surface area contributed by atoms with Crippen molar-refractivity contribution < 1.29 is 17.2 Å². The van der Waals surface area contributed by atoms with Crippen LogP contribution in [0.3, 0.4) is 0 Å². The number of rotatable bonds is 6. The zero-order valence-corrected chi connectivity index (χ0v) is 20.4. The first-order chi connectivity index (χ1) is 15.5. The predicted molar refractivity (Wildman–Crippen MR) is 128 cm³/mol. The third kappa shape index (κ3) is 4.67. The van der Waals surface area contributed by atoms with E-state index in [-0.39, 0.29) is 17.5 Å². The van der Waals surface area contributed by atoms with E-state index < -0.39 is 26.2 Å². The van der Waals surface area contributed by atoms with Crippen molar-refractivity contribution >= 4 is 33.0 Å². The van der Waals surface area contributed by atoms with Crippen LogP contribution in [0.1, 0.15) is 29.7 Å². The van der Waals surface area contributed by atoms with Gasteiger partial charge in [-0.25, -0.2) is 17.2 Å². The van der Waals surface area contributed by atoms with Crippen molar-refractivity contribution in [3.8, 4) is 0 Å². The number of hydrogen-bond donors (Lipinski definition) is 0. The number of halogens is 4. The maximum atomic E-state index is 14.0. The van der Waals surface area contributed by atoms with E-state index in [1.165, 1.54) is 0 Å². The maximum absolute atomic E-state index is 14.0. The van der Waals surface area contributed by atoms with Crippen molar-refractivity contribution in [1.82, 2.24) is 4.90 Å². The Morgan fingerprint density at radius 3 is 1.70 bits per heavy atom. The van der Waals surface area contributed by atoms with Crippen LogP contribution < -0.4 is 0 Å². The number of sulfone groups is 1. The maximum Gasteiger partial charge on any atom is 0.157 e. The van der Waals surface area contributed by atoms with Crippen LogP contribution in [-0.2, 0) is 14.6 Å². The molecule has 3 nitrogen and oxygen atoms in total. The fraction of sp³-hybridized carbons (Fsp3) is 0.280. The number of nitrogens with zero attached hydrogens (tertiary/aromatic N) is 1. The Balaban J connectivity index is 1.69. The van der Waals surface area contributed by atoms with Gasteiger partial charge < -0.3 is 0 Å². The first kappa shape index (κ1) is 24.1. The lowest BCUT2D eigenvalue weighted by Gasteiger charge is -2.51. The minimum Gasteiger partial charge on any atom is -0.292 e. The molecule has 0 amide bonds. The van der Waals surface area contributed by atoms with E-state index in [9.17, 15) is 17.2 Å². The van der Waals surface area contributed by atoms with Gasteiger partial charge in [0.1, 0.15) is 11.6 Å². The standard InChI is InChI=1S/C25H23Cl2F2NO2S/c1-25(33(2,31)32,18-11-22(28)13-23(29)12-18)19-14-30(15-19)24(16-3-7-20(26)8-4-16)17-5-9-21(27)10-6-17/h3-13,19,24H,14-15H2,1-2H3/t25-/m1/s1. The summed E-state index contributed by atoms with van der Waals surface area (Å²) in [5, 5.41) is 1.24. The molecule has 0 N–H and O–H groups in total. The summed E-state index contributed by atoms with van der Waals surface area (Å²) in [4.78, 5) is 2.15. The van der Waals surface area contributed by atoms with E-state index in [1.807, 2.05) is 48.5 Å². The van der Waals surface area contributed by atoms with Crippen LogP contribution in [0.5, 0.6) is 0 Å². The topological polar surface area (TPSA) is 37.4 Å². The van der Waals surface area contributed by atoms with Crippen LogP contribution in [0.25, 0.3) is 0 Å². The van der Waals surface area contributed by atoms with Crippen molar-refractivity contribution in [1.29, 1.82) is 0 Å². The molecule has 0 aliphatic carbocycles. The normalized spacial score (nSPS) is 17.1. The molecule has 174 valence electrons. The van der Waals surface area contributed by atoms with Crippen molar-refractivity contribution in [3.05, 3.63) is 105 Å². The van der Waals surface area contributed by atoms with E-state index >= 15 is 0 Å². The molecular weight excluding hydrogens is 487 g/mol. The van der Waals surface area contributed by atoms with Crippen molar-refractivity contribution in [2.24, 2.45) is 5.92 Å². The predicted octanol–water partition coefficient (Wildman–Crippen LogP) is 6.25. The molecule has 1 fully saturated rings. The van der Waals surface area contributed by atoms with Crippen molar-refractivity contribution in [3.63, 3.8) is 0 Å². The van der Waals surface area contributed by atoms with E-state index in [4.69, 9.17) is 23.2 Å². The van der Waals surface area contributed by atoms with Gasteiger partial charge >= 0.3 is 0 Å². The summed E-state index contributed by atoms with van der Waals surface area (Å²) in [6.07, 6.45) is 1.12. The van der Waals surface area contributed by atoms with Gasteiger partial charge in [0.15, 0.2) is 9.84 Å². The molecule has 0 unspecified atom stereocenters. The average molecular weight is 510 g/mol. The SMILES string of the molecule is C[C@@](c1cc(F)cc(F)c1)(C1CN(C(c2ccc(Cl)cc2)c2ccc(Cl)cc2)C1)S(C)(=O)=O. The molecule has 1 aliphatic heterocycles. The van der Waals surface area contributed by atoms with Crippen LogP contribution in [-0.4, -0.2) is 32.7 Å². The lowest BCUT2D eigenvalue weighted by atomic mass is 9.79. The Hall–Kier alpha value is -1.99. The highest BCUT2D eigenvalue weighted by molar-refractivity contribution is 7.91. The van der Waals surface area contributed by atoms with E-state index in [0.29, 0.717) is 23.1 Å². The van der Waals surface area contributed by atoms with Gasteiger partial charge in [0.25, 0.3) is 0 Å². The molecule has 1 saturated heterocycles. The monoisotopic (exact) mass is 509 g/mol. The van der Waals surface area contributed by atoms with Gasteiger partial charge in [-0.3, -0.25) is 4.90 Å². The second kappa shape index (κ2) is 8.99. The van der Waals surface area contributed by atoms with Gasteiger partial charge in [0, 0.05) is 41.4 Å². The van der Waals surface area contributed by atoms with Gasteiger partial charge in [0.05, 0.1) is 10.8 Å². The highest BCUT2D eigenvalue weighted by Gasteiger charge is 2.51. The molecule has 4 rings (SSSR count).